The van der Waals surface area contributed by atoms with Crippen molar-refractivity contribution in [3.8, 4) is 0 Å². The molecule has 1 aliphatic heterocycles. The fourth-order valence-corrected chi connectivity index (χ4v) is 3.92. The average molecular weight is 322 g/mol. The number of aromatic nitrogens is 1. The lowest BCUT2D eigenvalue weighted by Crippen LogP contribution is -2.22. The number of nitrogens with zero attached hydrogens (tertiary/aromatic N) is 2. The summed E-state index contributed by atoms with van der Waals surface area (Å²) in [4.78, 5) is 10.9. The molecular weight excluding hydrogens is 304 g/mol. The Kier molecular flexibility index (Phi) is 3.58. The van der Waals surface area contributed by atoms with Crippen molar-refractivity contribution in [2.24, 2.45) is 5.92 Å². The molecule has 1 aromatic heterocycles. The number of aliphatic hydroxyl groups excluding tert-OH is 1. The van der Waals surface area contributed by atoms with E-state index < -0.39 is 6.23 Å². The normalized spacial score (nSPS) is 22.6. The largest absolute Gasteiger partial charge is 0.373 e. The molecule has 1 aliphatic rings. The van der Waals surface area contributed by atoms with E-state index in [4.69, 9.17) is 0 Å². The van der Waals surface area contributed by atoms with Gasteiger partial charge in [0.05, 0.1) is 11.4 Å². The summed E-state index contributed by atoms with van der Waals surface area (Å²) in [6.45, 7) is -0.162. The van der Waals surface area contributed by atoms with E-state index in [1.54, 1.807) is 0 Å². The monoisotopic (exact) mass is 322 g/mol. The standard InChI is InChI=1S/C19H18N2O3/c22-19-15(10-13-6-2-1-3-7-13)16(12-20(23)24)18-11-14-8-4-5-9-17(14)21(18)19/h1-9,11,15-16,19,22H,10,12H2/t15-,16+,19-/m0/s1. The van der Waals surface area contributed by atoms with Crippen molar-refractivity contribution in [3.63, 3.8) is 0 Å². The second kappa shape index (κ2) is 5.76. The molecule has 24 heavy (non-hydrogen) atoms. The van der Waals surface area contributed by atoms with Gasteiger partial charge in [-0.2, -0.15) is 0 Å². The molecule has 3 atom stereocenters. The Bertz CT molecular complexity index is 888. The summed E-state index contributed by atoms with van der Waals surface area (Å²) in [5, 5.41) is 23.1. The molecule has 5 nitrogen and oxygen atoms in total. The maximum atomic E-state index is 11.2. The Balaban J connectivity index is 1.77. The molecular formula is C19H18N2O3. The zero-order valence-corrected chi connectivity index (χ0v) is 13.1. The van der Waals surface area contributed by atoms with Crippen LogP contribution >= 0.6 is 0 Å². The smallest absolute Gasteiger partial charge is 0.212 e. The SMILES string of the molecule is O=[N+]([O-])C[C@H]1c2cc3ccccc3n2[C@@H](O)[C@H]1Cc1ccccc1. The third kappa shape index (κ3) is 2.37. The number of aliphatic hydroxyl groups is 1. The number of hydrogen-bond donors (Lipinski definition) is 1. The Morgan fingerprint density at radius 2 is 1.79 bits per heavy atom. The minimum absolute atomic E-state index is 0.162. The van der Waals surface area contributed by atoms with Gasteiger partial charge in [-0.25, -0.2) is 0 Å². The Labute approximate surface area is 139 Å². The van der Waals surface area contributed by atoms with Gasteiger partial charge >= 0.3 is 0 Å². The van der Waals surface area contributed by atoms with Crippen molar-refractivity contribution in [3.05, 3.63) is 82.0 Å². The molecule has 2 aromatic carbocycles. The fourth-order valence-electron chi connectivity index (χ4n) is 3.92. The van der Waals surface area contributed by atoms with Crippen molar-refractivity contribution in [2.75, 3.05) is 6.54 Å². The van der Waals surface area contributed by atoms with Gasteiger partial charge in [0.25, 0.3) is 0 Å². The van der Waals surface area contributed by atoms with Crippen LogP contribution < -0.4 is 0 Å². The highest BCUT2D eigenvalue weighted by Gasteiger charge is 2.43. The van der Waals surface area contributed by atoms with E-state index >= 15 is 0 Å². The maximum absolute atomic E-state index is 11.2. The minimum atomic E-state index is -0.745. The van der Waals surface area contributed by atoms with Gasteiger partial charge in [-0.1, -0.05) is 48.5 Å². The summed E-state index contributed by atoms with van der Waals surface area (Å²) in [6.07, 6.45) is -0.124. The molecule has 4 rings (SSSR count). The predicted octanol–water partition coefficient (Wildman–Crippen LogP) is 3.37. The first-order valence-corrected chi connectivity index (χ1v) is 8.09. The molecule has 2 heterocycles. The summed E-state index contributed by atoms with van der Waals surface area (Å²) in [5.41, 5.74) is 2.88. The lowest BCUT2D eigenvalue weighted by Gasteiger charge is -2.20. The molecule has 0 aliphatic carbocycles. The fraction of sp³-hybridized carbons (Fsp3) is 0.263. The summed E-state index contributed by atoms with van der Waals surface area (Å²) >= 11 is 0. The number of hydrogen-bond acceptors (Lipinski definition) is 3. The van der Waals surface area contributed by atoms with E-state index in [9.17, 15) is 15.2 Å². The highest BCUT2D eigenvalue weighted by molar-refractivity contribution is 5.82. The molecule has 5 heteroatoms. The van der Waals surface area contributed by atoms with Gasteiger partial charge in [0, 0.05) is 16.5 Å². The number of fused-ring (bicyclic) bond motifs is 3. The Morgan fingerprint density at radius 3 is 2.54 bits per heavy atom. The first-order chi connectivity index (χ1) is 11.6. The van der Waals surface area contributed by atoms with E-state index in [-0.39, 0.29) is 23.3 Å². The van der Waals surface area contributed by atoms with Gasteiger partial charge in [-0.3, -0.25) is 10.1 Å². The third-order valence-electron chi connectivity index (χ3n) is 4.98. The van der Waals surface area contributed by atoms with Gasteiger partial charge < -0.3 is 9.67 Å². The highest BCUT2D eigenvalue weighted by atomic mass is 16.6. The van der Waals surface area contributed by atoms with E-state index in [1.165, 1.54) is 0 Å². The van der Waals surface area contributed by atoms with Crippen molar-refractivity contribution < 1.29 is 10.0 Å². The molecule has 0 saturated heterocycles. The van der Waals surface area contributed by atoms with Gasteiger partial charge in [0.1, 0.15) is 6.23 Å². The third-order valence-corrected chi connectivity index (χ3v) is 4.98. The van der Waals surface area contributed by atoms with E-state index in [2.05, 4.69) is 0 Å². The zero-order chi connectivity index (χ0) is 16.7. The summed E-state index contributed by atoms with van der Waals surface area (Å²) < 4.78 is 1.87. The van der Waals surface area contributed by atoms with Crippen LogP contribution in [-0.4, -0.2) is 21.1 Å². The van der Waals surface area contributed by atoms with Crippen LogP contribution in [0.15, 0.2) is 60.7 Å². The second-order valence-electron chi connectivity index (χ2n) is 6.39. The van der Waals surface area contributed by atoms with Gasteiger partial charge in [0.15, 0.2) is 0 Å². The number of nitro groups is 1. The highest BCUT2D eigenvalue weighted by Crippen LogP contribution is 2.45. The Morgan fingerprint density at radius 1 is 1.08 bits per heavy atom. The first kappa shape index (κ1) is 14.9. The molecule has 1 N–H and O–H groups in total. The molecule has 0 unspecified atom stereocenters. The van der Waals surface area contributed by atoms with Crippen molar-refractivity contribution >= 4 is 10.9 Å². The van der Waals surface area contributed by atoms with E-state index in [1.807, 2.05) is 65.2 Å². The lowest BCUT2D eigenvalue weighted by atomic mass is 9.86. The first-order valence-electron chi connectivity index (χ1n) is 8.09. The topological polar surface area (TPSA) is 68.3 Å². The van der Waals surface area contributed by atoms with Crippen molar-refractivity contribution in [1.29, 1.82) is 0 Å². The molecule has 0 fully saturated rings. The Hall–Kier alpha value is -2.66. The second-order valence-corrected chi connectivity index (χ2v) is 6.39. The lowest BCUT2D eigenvalue weighted by molar-refractivity contribution is -0.485. The number of benzene rings is 2. The molecule has 3 aromatic rings. The van der Waals surface area contributed by atoms with Gasteiger partial charge in [-0.05, 0) is 29.5 Å². The zero-order valence-electron chi connectivity index (χ0n) is 13.1. The van der Waals surface area contributed by atoms with Crippen LogP contribution in [0.25, 0.3) is 10.9 Å². The van der Waals surface area contributed by atoms with Crippen LogP contribution in [0.2, 0.25) is 0 Å². The quantitative estimate of drug-likeness (QED) is 0.591. The molecule has 0 saturated carbocycles. The summed E-state index contributed by atoms with van der Waals surface area (Å²) in [7, 11) is 0. The van der Waals surface area contributed by atoms with Crippen LogP contribution in [0, 0.1) is 16.0 Å². The molecule has 0 bridgehead atoms. The van der Waals surface area contributed by atoms with Crippen molar-refractivity contribution in [1.82, 2.24) is 4.57 Å². The molecule has 0 amide bonds. The van der Waals surface area contributed by atoms with Crippen LogP contribution in [0.1, 0.15) is 23.4 Å². The van der Waals surface area contributed by atoms with Gasteiger partial charge in [0.2, 0.25) is 6.54 Å². The van der Waals surface area contributed by atoms with Crippen LogP contribution in [-0.2, 0) is 6.42 Å². The number of para-hydroxylation sites is 1. The molecule has 0 spiro atoms. The molecule has 0 radical (unpaired) electrons. The van der Waals surface area contributed by atoms with Crippen LogP contribution in [0.4, 0.5) is 0 Å². The van der Waals surface area contributed by atoms with Crippen molar-refractivity contribution in [2.45, 2.75) is 18.6 Å². The molecule has 122 valence electrons. The van der Waals surface area contributed by atoms with Gasteiger partial charge in [-0.15, -0.1) is 0 Å². The summed E-state index contributed by atoms with van der Waals surface area (Å²) in [6, 6.07) is 19.6. The predicted molar refractivity (Wildman–Crippen MR) is 91.4 cm³/mol. The minimum Gasteiger partial charge on any atom is -0.373 e. The number of rotatable bonds is 4. The van der Waals surface area contributed by atoms with E-state index in [0.717, 1.165) is 22.2 Å². The van der Waals surface area contributed by atoms with E-state index in [0.29, 0.717) is 6.42 Å². The van der Waals surface area contributed by atoms with Crippen LogP contribution in [0.3, 0.4) is 0 Å². The summed E-state index contributed by atoms with van der Waals surface area (Å²) in [5.74, 6) is -0.486. The average Bonchev–Trinajstić information content (AvgIpc) is 3.07. The maximum Gasteiger partial charge on any atom is 0.212 e. The van der Waals surface area contributed by atoms with Crippen LogP contribution in [0.5, 0.6) is 0 Å².